The largest absolute Gasteiger partial charge is 0.382 e. The summed E-state index contributed by atoms with van der Waals surface area (Å²) in [5.74, 6) is 0. The molecule has 1 saturated heterocycles. The molecule has 4 heteroatoms. The number of morpholine rings is 1. The Bertz CT molecular complexity index is 432. The first kappa shape index (κ1) is 12.3. The van der Waals surface area contributed by atoms with Gasteiger partial charge in [-0.3, -0.25) is 4.90 Å². The average molecular weight is 267 g/mol. The zero-order chi connectivity index (χ0) is 12.5. The molecule has 0 spiro atoms. The van der Waals surface area contributed by atoms with Crippen molar-refractivity contribution in [3.05, 3.63) is 28.8 Å². The summed E-state index contributed by atoms with van der Waals surface area (Å²) in [5.41, 5.74) is 2.57. The van der Waals surface area contributed by atoms with Gasteiger partial charge in [-0.2, -0.15) is 0 Å². The number of hydrogen-bond donors (Lipinski definition) is 1. The van der Waals surface area contributed by atoms with E-state index in [1.54, 1.807) is 0 Å². The van der Waals surface area contributed by atoms with E-state index < -0.39 is 0 Å². The second kappa shape index (κ2) is 5.08. The molecule has 0 aromatic heterocycles. The van der Waals surface area contributed by atoms with Crippen molar-refractivity contribution in [3.63, 3.8) is 0 Å². The van der Waals surface area contributed by atoms with Crippen molar-refractivity contribution in [2.75, 3.05) is 31.6 Å². The molecule has 2 atom stereocenters. The lowest BCUT2D eigenvalue weighted by Gasteiger charge is -2.40. The molecule has 98 valence electrons. The number of fused-ring (bicyclic) bond motifs is 1. The van der Waals surface area contributed by atoms with Gasteiger partial charge in [0.25, 0.3) is 0 Å². The summed E-state index contributed by atoms with van der Waals surface area (Å²) in [4.78, 5) is 2.52. The van der Waals surface area contributed by atoms with Crippen LogP contribution in [0.3, 0.4) is 0 Å². The molecule has 3 nitrogen and oxygen atoms in total. The van der Waals surface area contributed by atoms with Crippen molar-refractivity contribution >= 4 is 17.3 Å². The van der Waals surface area contributed by atoms with Gasteiger partial charge in [-0.05, 0) is 37.1 Å². The molecule has 0 radical (unpaired) electrons. The Labute approximate surface area is 113 Å². The third-order valence-electron chi connectivity index (χ3n) is 3.84. The maximum absolute atomic E-state index is 6.15. The molecule has 1 aromatic carbocycles. The zero-order valence-corrected chi connectivity index (χ0v) is 11.4. The Balaban J connectivity index is 1.92. The minimum Gasteiger partial charge on any atom is -0.382 e. The Morgan fingerprint density at radius 3 is 2.89 bits per heavy atom. The van der Waals surface area contributed by atoms with E-state index in [0.717, 1.165) is 37.7 Å². The smallest absolute Gasteiger partial charge is 0.0594 e. The van der Waals surface area contributed by atoms with E-state index in [-0.39, 0.29) is 0 Å². The molecule has 1 fully saturated rings. The highest BCUT2D eigenvalue weighted by molar-refractivity contribution is 6.30. The number of nitrogens with one attached hydrogen (secondary N) is 1. The molecule has 2 unspecified atom stereocenters. The van der Waals surface area contributed by atoms with E-state index in [2.05, 4.69) is 29.3 Å². The van der Waals surface area contributed by atoms with Gasteiger partial charge >= 0.3 is 0 Å². The lowest BCUT2D eigenvalue weighted by atomic mass is 9.92. The van der Waals surface area contributed by atoms with Crippen LogP contribution in [0.4, 0.5) is 5.69 Å². The molecular formula is C14H19ClN2O. The summed E-state index contributed by atoms with van der Waals surface area (Å²) >= 11 is 6.15. The molecule has 0 aliphatic carbocycles. The maximum Gasteiger partial charge on any atom is 0.0594 e. The van der Waals surface area contributed by atoms with Crippen LogP contribution in [0.5, 0.6) is 0 Å². The van der Waals surface area contributed by atoms with Crippen LogP contribution in [0.25, 0.3) is 0 Å². The maximum atomic E-state index is 6.15. The predicted molar refractivity (Wildman–Crippen MR) is 74.3 cm³/mol. The fourth-order valence-corrected chi connectivity index (χ4v) is 3.14. The Hall–Kier alpha value is -0.770. The highest BCUT2D eigenvalue weighted by Crippen LogP contribution is 2.38. The molecule has 18 heavy (non-hydrogen) atoms. The normalized spacial score (nSPS) is 28.6. The van der Waals surface area contributed by atoms with E-state index in [0.29, 0.717) is 12.1 Å². The molecule has 0 amide bonds. The second-order valence-corrected chi connectivity index (χ2v) is 5.61. The first-order valence-electron chi connectivity index (χ1n) is 6.62. The van der Waals surface area contributed by atoms with Crippen LogP contribution in [0.15, 0.2) is 18.2 Å². The van der Waals surface area contributed by atoms with Crippen LogP contribution in [0, 0.1) is 0 Å². The summed E-state index contributed by atoms with van der Waals surface area (Å²) in [6.45, 7) is 5.96. The van der Waals surface area contributed by atoms with Crippen LogP contribution in [0.2, 0.25) is 5.02 Å². The topological polar surface area (TPSA) is 24.5 Å². The number of anilines is 1. The van der Waals surface area contributed by atoms with Crippen molar-refractivity contribution in [2.45, 2.75) is 25.4 Å². The van der Waals surface area contributed by atoms with Crippen molar-refractivity contribution < 1.29 is 4.74 Å². The summed E-state index contributed by atoms with van der Waals surface area (Å²) in [6.07, 6.45) is 1.13. The highest BCUT2D eigenvalue weighted by Gasteiger charge is 2.30. The van der Waals surface area contributed by atoms with Crippen molar-refractivity contribution in [1.82, 2.24) is 4.90 Å². The van der Waals surface area contributed by atoms with Gasteiger partial charge in [-0.25, -0.2) is 0 Å². The molecule has 1 N–H and O–H groups in total. The molecule has 2 aliphatic rings. The van der Waals surface area contributed by atoms with Crippen molar-refractivity contribution in [3.8, 4) is 0 Å². The van der Waals surface area contributed by atoms with Gasteiger partial charge in [0.2, 0.25) is 0 Å². The van der Waals surface area contributed by atoms with Gasteiger partial charge in [0.15, 0.2) is 0 Å². The van der Waals surface area contributed by atoms with Gasteiger partial charge in [0.05, 0.1) is 13.2 Å². The van der Waals surface area contributed by atoms with E-state index in [4.69, 9.17) is 16.3 Å². The summed E-state index contributed by atoms with van der Waals surface area (Å²) < 4.78 is 5.45. The number of rotatable bonds is 1. The molecule has 0 saturated carbocycles. The Kier molecular flexibility index (Phi) is 3.46. The van der Waals surface area contributed by atoms with Crippen LogP contribution in [0.1, 0.15) is 24.9 Å². The molecule has 2 aliphatic heterocycles. The van der Waals surface area contributed by atoms with Crippen LogP contribution in [-0.4, -0.2) is 37.2 Å². The van der Waals surface area contributed by atoms with Gasteiger partial charge in [0, 0.05) is 35.9 Å². The lowest BCUT2D eigenvalue weighted by molar-refractivity contribution is 0.0128. The van der Waals surface area contributed by atoms with E-state index in [9.17, 15) is 0 Å². The highest BCUT2D eigenvalue weighted by atomic mass is 35.5. The molecule has 2 heterocycles. The van der Waals surface area contributed by atoms with Gasteiger partial charge in [0.1, 0.15) is 0 Å². The molecule has 3 rings (SSSR count). The number of ether oxygens (including phenoxy) is 1. The Morgan fingerprint density at radius 1 is 1.33 bits per heavy atom. The fourth-order valence-electron chi connectivity index (χ4n) is 2.96. The first-order valence-corrected chi connectivity index (χ1v) is 6.99. The van der Waals surface area contributed by atoms with Crippen molar-refractivity contribution in [2.24, 2.45) is 0 Å². The van der Waals surface area contributed by atoms with Gasteiger partial charge in [-0.15, -0.1) is 0 Å². The number of halogens is 1. The third-order valence-corrected chi connectivity index (χ3v) is 4.07. The summed E-state index contributed by atoms with van der Waals surface area (Å²) in [6, 6.07) is 7.14. The van der Waals surface area contributed by atoms with Gasteiger partial charge in [-0.1, -0.05) is 11.6 Å². The van der Waals surface area contributed by atoms with Crippen molar-refractivity contribution in [1.29, 1.82) is 0 Å². The molecular weight excluding hydrogens is 248 g/mol. The standard InChI is InChI=1S/C14H19ClN2O/c1-10-8-14(17-4-6-18-7-5-17)12-9-11(15)2-3-13(12)16-10/h2-3,9-10,14,16H,4-8H2,1H3. The zero-order valence-electron chi connectivity index (χ0n) is 10.7. The Morgan fingerprint density at radius 2 is 2.11 bits per heavy atom. The minimum atomic E-state index is 0.471. The quantitative estimate of drug-likeness (QED) is 0.846. The molecule has 1 aromatic rings. The first-order chi connectivity index (χ1) is 8.74. The number of benzene rings is 1. The SMILES string of the molecule is CC1CC(N2CCOCC2)c2cc(Cl)ccc2N1. The summed E-state index contributed by atoms with van der Waals surface area (Å²) in [5, 5.41) is 4.36. The minimum absolute atomic E-state index is 0.471. The third kappa shape index (κ3) is 2.35. The average Bonchev–Trinajstić information content (AvgIpc) is 2.39. The van der Waals surface area contributed by atoms with E-state index in [1.807, 2.05) is 6.07 Å². The fraction of sp³-hybridized carbons (Fsp3) is 0.571. The lowest BCUT2D eigenvalue weighted by Crippen LogP contribution is -2.42. The van der Waals surface area contributed by atoms with Crippen LogP contribution < -0.4 is 5.32 Å². The number of nitrogens with zero attached hydrogens (tertiary/aromatic N) is 1. The predicted octanol–water partition coefficient (Wildman–Crippen LogP) is 2.92. The van der Waals surface area contributed by atoms with E-state index in [1.165, 1.54) is 11.3 Å². The van der Waals surface area contributed by atoms with E-state index >= 15 is 0 Å². The van der Waals surface area contributed by atoms with Crippen LogP contribution >= 0.6 is 11.6 Å². The second-order valence-electron chi connectivity index (χ2n) is 5.18. The summed E-state index contributed by atoms with van der Waals surface area (Å²) in [7, 11) is 0. The number of hydrogen-bond acceptors (Lipinski definition) is 3. The van der Waals surface area contributed by atoms with Crippen LogP contribution in [-0.2, 0) is 4.74 Å². The van der Waals surface area contributed by atoms with Gasteiger partial charge < -0.3 is 10.1 Å². The molecule has 0 bridgehead atoms. The monoisotopic (exact) mass is 266 g/mol.